The van der Waals surface area contributed by atoms with Gasteiger partial charge in [0, 0.05) is 6.54 Å². The molecule has 22 heavy (non-hydrogen) atoms. The molecule has 3 aromatic rings. The van der Waals surface area contributed by atoms with Gasteiger partial charge in [0.1, 0.15) is 0 Å². The van der Waals surface area contributed by atoms with Crippen LogP contribution in [0.4, 0.5) is 0 Å². The van der Waals surface area contributed by atoms with Crippen LogP contribution in [0.1, 0.15) is 43.0 Å². The van der Waals surface area contributed by atoms with Crippen LogP contribution in [0.2, 0.25) is 0 Å². The van der Waals surface area contributed by atoms with E-state index in [9.17, 15) is 0 Å². The van der Waals surface area contributed by atoms with Gasteiger partial charge in [-0.3, -0.25) is 0 Å². The molecule has 3 rings (SSSR count). The van der Waals surface area contributed by atoms with E-state index in [1.165, 1.54) is 27.8 Å². The molecule has 2 heteroatoms. The van der Waals surface area contributed by atoms with Crippen LogP contribution in [0.5, 0.6) is 0 Å². The van der Waals surface area contributed by atoms with Crippen LogP contribution in [0, 0.1) is 13.8 Å². The molecule has 0 radical (unpaired) electrons. The Kier molecular flexibility index (Phi) is 3.56. The van der Waals surface area contributed by atoms with Crippen molar-refractivity contribution < 1.29 is 0 Å². The second kappa shape index (κ2) is 5.28. The van der Waals surface area contributed by atoms with Crippen molar-refractivity contribution in [2.75, 3.05) is 0 Å². The van der Waals surface area contributed by atoms with E-state index in [0.717, 1.165) is 12.1 Å². The van der Waals surface area contributed by atoms with E-state index >= 15 is 0 Å². The molecule has 0 amide bonds. The Morgan fingerprint density at radius 1 is 0.955 bits per heavy atom. The van der Waals surface area contributed by atoms with Crippen LogP contribution in [0.3, 0.4) is 0 Å². The summed E-state index contributed by atoms with van der Waals surface area (Å²) in [5, 5.41) is 0. The molecule has 2 aromatic carbocycles. The van der Waals surface area contributed by atoms with Gasteiger partial charge in [0.2, 0.25) is 0 Å². The van der Waals surface area contributed by atoms with E-state index in [0.29, 0.717) is 0 Å². The van der Waals surface area contributed by atoms with Crippen molar-refractivity contribution >= 4 is 11.0 Å². The second-order valence-corrected chi connectivity index (χ2v) is 7.24. The molecule has 0 bridgehead atoms. The number of hydrogen-bond donors (Lipinski definition) is 0. The number of fused-ring (bicyclic) bond motifs is 1. The quantitative estimate of drug-likeness (QED) is 0.650. The second-order valence-electron chi connectivity index (χ2n) is 7.24. The number of imidazole rings is 1. The highest BCUT2D eigenvalue weighted by Crippen LogP contribution is 2.23. The largest absolute Gasteiger partial charge is 0.326 e. The Morgan fingerprint density at radius 2 is 1.59 bits per heavy atom. The van der Waals surface area contributed by atoms with Gasteiger partial charge < -0.3 is 4.57 Å². The van der Waals surface area contributed by atoms with Crippen molar-refractivity contribution in [3.63, 3.8) is 0 Å². The van der Waals surface area contributed by atoms with E-state index in [2.05, 4.69) is 80.6 Å². The zero-order valence-electron chi connectivity index (χ0n) is 14.1. The molecule has 0 aliphatic rings. The van der Waals surface area contributed by atoms with Gasteiger partial charge in [-0.1, -0.05) is 45.0 Å². The number of aromatic nitrogens is 2. The van der Waals surface area contributed by atoms with Gasteiger partial charge >= 0.3 is 0 Å². The first-order valence-electron chi connectivity index (χ1n) is 7.86. The average molecular weight is 292 g/mol. The zero-order chi connectivity index (χ0) is 15.9. The Labute approximate surface area is 132 Å². The molecule has 0 saturated carbocycles. The number of nitrogens with zero attached hydrogens (tertiary/aromatic N) is 2. The molecular weight excluding hydrogens is 268 g/mol. The molecule has 0 fully saturated rings. The Hall–Kier alpha value is -2.09. The molecule has 1 aromatic heterocycles. The molecule has 0 aliphatic heterocycles. The summed E-state index contributed by atoms with van der Waals surface area (Å²) in [5.74, 6) is 0. The molecule has 0 atom stereocenters. The third-order valence-corrected chi connectivity index (χ3v) is 4.41. The summed E-state index contributed by atoms with van der Waals surface area (Å²) in [6.45, 7) is 11.9. The zero-order valence-corrected chi connectivity index (χ0v) is 14.1. The van der Waals surface area contributed by atoms with E-state index in [1.807, 2.05) is 6.33 Å². The highest BCUT2D eigenvalue weighted by Gasteiger charge is 2.13. The Bertz CT molecular complexity index is 802. The lowest BCUT2D eigenvalue weighted by atomic mass is 9.87. The Balaban J connectivity index is 1.92. The predicted molar refractivity (Wildman–Crippen MR) is 93.5 cm³/mol. The van der Waals surface area contributed by atoms with Crippen molar-refractivity contribution in [3.8, 4) is 0 Å². The number of hydrogen-bond acceptors (Lipinski definition) is 1. The Morgan fingerprint density at radius 3 is 2.23 bits per heavy atom. The molecule has 1 heterocycles. The van der Waals surface area contributed by atoms with Crippen LogP contribution in [-0.4, -0.2) is 9.55 Å². The predicted octanol–water partition coefficient (Wildman–Crippen LogP) is 5.00. The van der Waals surface area contributed by atoms with E-state index in [1.54, 1.807) is 0 Å². The van der Waals surface area contributed by atoms with E-state index in [-0.39, 0.29) is 5.41 Å². The van der Waals surface area contributed by atoms with Crippen LogP contribution >= 0.6 is 0 Å². The molecular formula is C20H24N2. The van der Waals surface area contributed by atoms with E-state index in [4.69, 9.17) is 0 Å². The minimum Gasteiger partial charge on any atom is -0.326 e. The summed E-state index contributed by atoms with van der Waals surface area (Å²) < 4.78 is 2.23. The van der Waals surface area contributed by atoms with Crippen molar-refractivity contribution in [2.45, 2.75) is 46.6 Å². The van der Waals surface area contributed by atoms with Gasteiger partial charge in [-0.2, -0.15) is 0 Å². The van der Waals surface area contributed by atoms with Crippen molar-refractivity contribution in [1.29, 1.82) is 0 Å². The average Bonchev–Trinajstić information content (AvgIpc) is 2.81. The van der Waals surface area contributed by atoms with Gasteiger partial charge in [0.25, 0.3) is 0 Å². The summed E-state index contributed by atoms with van der Waals surface area (Å²) in [7, 11) is 0. The SMILES string of the molecule is Cc1cc2ncn(Cc3ccc(C(C)(C)C)cc3)c2cc1C. The third-order valence-electron chi connectivity index (χ3n) is 4.41. The van der Waals surface area contributed by atoms with E-state index < -0.39 is 0 Å². The number of benzene rings is 2. The maximum atomic E-state index is 4.54. The summed E-state index contributed by atoms with van der Waals surface area (Å²) in [5.41, 5.74) is 7.79. The fraction of sp³-hybridized carbons (Fsp3) is 0.350. The normalized spacial score (nSPS) is 12.0. The highest BCUT2D eigenvalue weighted by atomic mass is 15.0. The van der Waals surface area contributed by atoms with Crippen molar-refractivity contribution in [1.82, 2.24) is 9.55 Å². The molecule has 0 aliphatic carbocycles. The van der Waals surface area contributed by atoms with Gasteiger partial charge in [0.15, 0.2) is 0 Å². The number of rotatable bonds is 2. The lowest BCUT2D eigenvalue weighted by Crippen LogP contribution is -2.11. The van der Waals surface area contributed by atoms with Gasteiger partial charge in [0.05, 0.1) is 17.4 Å². The summed E-state index contributed by atoms with van der Waals surface area (Å²) >= 11 is 0. The highest BCUT2D eigenvalue weighted by molar-refractivity contribution is 5.77. The standard InChI is InChI=1S/C20H24N2/c1-14-10-18-19(11-15(14)2)22(13-21-18)12-16-6-8-17(9-7-16)20(3,4)5/h6-11,13H,12H2,1-5H3. The summed E-state index contributed by atoms with van der Waals surface area (Å²) in [6.07, 6.45) is 1.95. The van der Waals surface area contributed by atoms with Gasteiger partial charge in [-0.15, -0.1) is 0 Å². The van der Waals surface area contributed by atoms with Crippen LogP contribution in [-0.2, 0) is 12.0 Å². The molecule has 0 N–H and O–H groups in total. The van der Waals surface area contributed by atoms with Crippen LogP contribution in [0.25, 0.3) is 11.0 Å². The molecule has 0 unspecified atom stereocenters. The van der Waals surface area contributed by atoms with Crippen LogP contribution in [0.15, 0.2) is 42.7 Å². The third kappa shape index (κ3) is 2.78. The minimum atomic E-state index is 0.203. The van der Waals surface area contributed by atoms with Gasteiger partial charge in [-0.05, 0) is 53.6 Å². The molecule has 2 nitrogen and oxygen atoms in total. The lowest BCUT2D eigenvalue weighted by Gasteiger charge is -2.19. The maximum Gasteiger partial charge on any atom is 0.0961 e. The molecule has 0 spiro atoms. The van der Waals surface area contributed by atoms with Crippen LogP contribution < -0.4 is 0 Å². The first-order chi connectivity index (χ1) is 10.3. The first kappa shape index (κ1) is 14.8. The molecule has 114 valence electrons. The first-order valence-corrected chi connectivity index (χ1v) is 7.86. The van der Waals surface area contributed by atoms with Gasteiger partial charge in [-0.25, -0.2) is 4.98 Å². The summed E-state index contributed by atoms with van der Waals surface area (Å²) in [4.78, 5) is 4.54. The monoisotopic (exact) mass is 292 g/mol. The van der Waals surface area contributed by atoms with Crippen molar-refractivity contribution in [3.05, 3.63) is 65.0 Å². The maximum absolute atomic E-state index is 4.54. The minimum absolute atomic E-state index is 0.203. The fourth-order valence-electron chi connectivity index (χ4n) is 2.75. The number of aryl methyl sites for hydroxylation is 2. The summed E-state index contributed by atoms with van der Waals surface area (Å²) in [6, 6.07) is 13.3. The van der Waals surface area contributed by atoms with Crippen molar-refractivity contribution in [2.24, 2.45) is 0 Å². The smallest absolute Gasteiger partial charge is 0.0961 e. The molecule has 0 saturated heterocycles. The fourth-order valence-corrected chi connectivity index (χ4v) is 2.75. The lowest BCUT2D eigenvalue weighted by molar-refractivity contribution is 0.590. The topological polar surface area (TPSA) is 17.8 Å².